The summed E-state index contributed by atoms with van der Waals surface area (Å²) >= 11 is 0. The van der Waals surface area contributed by atoms with Gasteiger partial charge < -0.3 is 0 Å². The van der Waals surface area contributed by atoms with Crippen molar-refractivity contribution in [2.45, 2.75) is 39.5 Å². The van der Waals surface area contributed by atoms with Crippen LogP contribution in [0.15, 0.2) is 235 Å². The van der Waals surface area contributed by atoms with E-state index in [-0.39, 0.29) is 11.8 Å². The lowest BCUT2D eigenvalue weighted by molar-refractivity contribution is 0.808. The van der Waals surface area contributed by atoms with Crippen LogP contribution in [0.2, 0.25) is 0 Å². The Bertz CT molecular complexity index is 2980. The Labute approximate surface area is 335 Å². The molecule has 0 saturated heterocycles. The van der Waals surface area contributed by atoms with Gasteiger partial charge in [0.05, 0.1) is 0 Å². The van der Waals surface area contributed by atoms with Crippen molar-refractivity contribution < 1.29 is 0 Å². The van der Waals surface area contributed by atoms with Gasteiger partial charge in [-0.15, -0.1) is 0 Å². The highest BCUT2D eigenvalue weighted by atomic mass is 14.4. The van der Waals surface area contributed by atoms with E-state index >= 15 is 0 Å². The van der Waals surface area contributed by atoms with Crippen molar-refractivity contribution in [3.63, 3.8) is 0 Å². The number of hydrogen-bond acceptors (Lipinski definition) is 0. The highest BCUT2D eigenvalue weighted by Crippen LogP contribution is 2.56. The minimum atomic E-state index is 0.150. The molecule has 4 unspecified atom stereocenters. The topological polar surface area (TPSA) is 0 Å². The average molecular weight is 727 g/mol. The van der Waals surface area contributed by atoms with Gasteiger partial charge in [-0.2, -0.15) is 0 Å². The smallest absolute Gasteiger partial charge is 0.0354 e. The molecule has 0 bridgehead atoms. The molecule has 0 heteroatoms. The van der Waals surface area contributed by atoms with Crippen molar-refractivity contribution in [2.24, 2.45) is 17.8 Å². The number of benzene rings is 1. The van der Waals surface area contributed by atoms with Crippen LogP contribution in [0.1, 0.15) is 52.1 Å². The molecule has 0 N–H and O–H groups in total. The normalized spacial score (nSPS) is 28.2. The molecule has 0 aromatic heterocycles. The maximum Gasteiger partial charge on any atom is 0.0354 e. The van der Waals surface area contributed by atoms with Gasteiger partial charge in [0.25, 0.3) is 0 Å². The predicted molar refractivity (Wildman–Crippen MR) is 237 cm³/mol. The Kier molecular flexibility index (Phi) is 6.40. The van der Waals surface area contributed by atoms with Crippen LogP contribution in [0.25, 0.3) is 11.1 Å². The molecule has 1 aromatic rings. The van der Waals surface area contributed by atoms with E-state index in [1.54, 1.807) is 0 Å². The van der Waals surface area contributed by atoms with Crippen LogP contribution in [0.4, 0.5) is 0 Å². The minimum Gasteiger partial charge on any atom is -0.0795 e. The SMILES string of the molecule is Cc1c(C2=CCC3=CC=C4C=CC=C5C=CC2=C3C54)c(C)c(C2C=CC3=CC=C4C=CC=C5C=CC2=C3C54)c(C)c1C1=C2C=CC3=C4C(=CC=C(C=C1)C24)CC=C3. The third kappa shape index (κ3) is 4.18. The Morgan fingerprint density at radius 1 is 0.456 bits per heavy atom. The Hall–Kier alpha value is -6.24. The van der Waals surface area contributed by atoms with E-state index in [4.69, 9.17) is 0 Å². The summed E-state index contributed by atoms with van der Waals surface area (Å²) in [6.45, 7) is 7.31. The van der Waals surface area contributed by atoms with Crippen LogP contribution < -0.4 is 0 Å². The second-order valence-corrected chi connectivity index (χ2v) is 17.4. The molecule has 0 radical (unpaired) electrons. The van der Waals surface area contributed by atoms with Crippen molar-refractivity contribution in [1.29, 1.82) is 0 Å². The molecule has 0 fully saturated rings. The van der Waals surface area contributed by atoms with Gasteiger partial charge in [0.15, 0.2) is 0 Å². The fourth-order valence-corrected chi connectivity index (χ4v) is 12.5. The Morgan fingerprint density at radius 3 is 1.91 bits per heavy atom. The third-order valence-corrected chi connectivity index (χ3v) is 14.8. The summed E-state index contributed by atoms with van der Waals surface area (Å²) in [5.74, 6) is 1.05. The van der Waals surface area contributed by atoms with E-state index in [1.165, 1.54) is 128 Å². The molecule has 0 aliphatic heterocycles. The van der Waals surface area contributed by atoms with Crippen LogP contribution in [-0.4, -0.2) is 0 Å². The van der Waals surface area contributed by atoms with Gasteiger partial charge in [-0.25, -0.2) is 0 Å². The highest BCUT2D eigenvalue weighted by molar-refractivity contribution is 5.96. The third-order valence-electron chi connectivity index (χ3n) is 14.8. The van der Waals surface area contributed by atoms with E-state index < -0.39 is 0 Å². The molecule has 57 heavy (non-hydrogen) atoms. The summed E-state index contributed by atoms with van der Waals surface area (Å²) in [6, 6.07) is 0. The predicted octanol–water partition coefficient (Wildman–Crippen LogP) is 13.4. The molecule has 12 aliphatic carbocycles. The monoisotopic (exact) mass is 726 g/mol. The summed E-state index contributed by atoms with van der Waals surface area (Å²) in [5, 5.41) is 0. The molecule has 0 spiro atoms. The van der Waals surface area contributed by atoms with Crippen LogP contribution in [0.5, 0.6) is 0 Å². The molecule has 12 aliphatic rings. The first-order chi connectivity index (χ1) is 28.0. The zero-order valence-corrected chi connectivity index (χ0v) is 32.7. The first kappa shape index (κ1) is 31.9. The van der Waals surface area contributed by atoms with Gasteiger partial charge in [-0.3, -0.25) is 0 Å². The maximum atomic E-state index is 2.56. The zero-order chi connectivity index (χ0) is 37.7. The van der Waals surface area contributed by atoms with Gasteiger partial charge in [-0.1, -0.05) is 152 Å². The highest BCUT2D eigenvalue weighted by Gasteiger charge is 2.40. The molecular formula is C57H42. The van der Waals surface area contributed by atoms with Gasteiger partial charge in [0.2, 0.25) is 0 Å². The summed E-state index contributed by atoms with van der Waals surface area (Å²) in [5.41, 5.74) is 32.9. The number of allylic oxidation sites excluding steroid dienone is 42. The van der Waals surface area contributed by atoms with E-state index in [9.17, 15) is 0 Å². The fourth-order valence-electron chi connectivity index (χ4n) is 12.5. The van der Waals surface area contributed by atoms with Gasteiger partial charge >= 0.3 is 0 Å². The summed E-state index contributed by atoms with van der Waals surface area (Å²) < 4.78 is 0. The van der Waals surface area contributed by atoms with Gasteiger partial charge in [0.1, 0.15) is 0 Å². The van der Waals surface area contributed by atoms with E-state index in [1.807, 2.05) is 0 Å². The van der Waals surface area contributed by atoms with Crippen molar-refractivity contribution in [2.75, 3.05) is 0 Å². The molecule has 4 atom stereocenters. The molecule has 270 valence electrons. The molecule has 0 heterocycles. The second-order valence-electron chi connectivity index (χ2n) is 17.4. The summed E-state index contributed by atoms with van der Waals surface area (Å²) in [6.07, 6.45) is 61.4. The van der Waals surface area contributed by atoms with Gasteiger partial charge in [0, 0.05) is 23.7 Å². The van der Waals surface area contributed by atoms with E-state index in [2.05, 4.69) is 173 Å². The molecule has 0 amide bonds. The summed E-state index contributed by atoms with van der Waals surface area (Å²) in [7, 11) is 0. The first-order valence-electron chi connectivity index (χ1n) is 20.9. The fraction of sp³-hybridized carbons (Fsp3) is 0.158. The Morgan fingerprint density at radius 2 is 1.11 bits per heavy atom. The molecule has 0 saturated carbocycles. The first-order valence-corrected chi connectivity index (χ1v) is 20.9. The van der Waals surface area contributed by atoms with Crippen LogP contribution >= 0.6 is 0 Å². The van der Waals surface area contributed by atoms with E-state index in [0.717, 1.165) is 12.8 Å². The molecular weight excluding hydrogens is 685 g/mol. The second kappa shape index (κ2) is 11.4. The van der Waals surface area contributed by atoms with Crippen molar-refractivity contribution in [1.82, 2.24) is 0 Å². The summed E-state index contributed by atoms with van der Waals surface area (Å²) in [4.78, 5) is 0. The van der Waals surface area contributed by atoms with Crippen molar-refractivity contribution in [3.8, 4) is 0 Å². The zero-order valence-electron chi connectivity index (χ0n) is 32.7. The van der Waals surface area contributed by atoms with Crippen LogP contribution in [0.3, 0.4) is 0 Å². The van der Waals surface area contributed by atoms with Gasteiger partial charge in [-0.05, 0) is 162 Å². The molecule has 1 aromatic carbocycles. The quantitative estimate of drug-likeness (QED) is 0.291. The molecule has 0 nitrogen and oxygen atoms in total. The molecule has 13 rings (SSSR count). The van der Waals surface area contributed by atoms with Crippen molar-refractivity contribution >= 4 is 11.1 Å². The number of rotatable bonds is 3. The lowest BCUT2D eigenvalue weighted by atomic mass is 9.63. The standard InChI is InChI=1S/C57H42/c1-31-49(43-25-22-40-16-13-34-7-4-10-37-19-28-46(43)55(40)52(34)37)32(2)51(45-27-24-42-18-15-36-9-6-12-39-21-30-48(45)57(42)54(36)39)33(3)50(31)44-26-23-41-17-14-35-8-5-11-38-20-29-47(44)56(41)53(35)38/h4-8,10-22,24-30,43,52-53,57H,9,23H2,1-3H3. The van der Waals surface area contributed by atoms with Crippen molar-refractivity contribution in [3.05, 3.63) is 269 Å². The maximum absolute atomic E-state index is 2.56. The van der Waals surface area contributed by atoms with E-state index in [0.29, 0.717) is 11.8 Å². The average Bonchev–Trinajstić information content (AvgIpc) is 3.25. The lowest BCUT2D eigenvalue weighted by Gasteiger charge is -2.40. The van der Waals surface area contributed by atoms with Crippen LogP contribution in [0, 0.1) is 38.5 Å². The largest absolute Gasteiger partial charge is 0.0795 e. The number of hydrogen-bond donors (Lipinski definition) is 0. The minimum absolute atomic E-state index is 0.150. The van der Waals surface area contributed by atoms with Crippen LogP contribution in [-0.2, 0) is 0 Å². The lowest BCUT2D eigenvalue weighted by Crippen LogP contribution is -2.25. The Balaban J connectivity index is 1.07.